The highest BCUT2D eigenvalue weighted by Crippen LogP contribution is 2.25. The van der Waals surface area contributed by atoms with Crippen molar-refractivity contribution in [2.45, 2.75) is 18.6 Å². The lowest BCUT2D eigenvalue weighted by molar-refractivity contribution is -0.809. The van der Waals surface area contributed by atoms with Crippen LogP contribution in [0.1, 0.15) is 6.92 Å². The van der Waals surface area contributed by atoms with Crippen LogP contribution in [0.15, 0.2) is 0 Å². The van der Waals surface area contributed by atoms with E-state index in [9.17, 15) is 34.6 Å². The minimum Gasteiger partial charge on any atom is -0.467 e. The van der Waals surface area contributed by atoms with Gasteiger partial charge in [-0.1, -0.05) is 0 Å². The van der Waals surface area contributed by atoms with E-state index in [1.54, 1.807) is 0 Å². The van der Waals surface area contributed by atoms with Gasteiger partial charge in [0.1, 0.15) is 15.9 Å². The van der Waals surface area contributed by atoms with E-state index >= 15 is 0 Å². The molecule has 0 radical (unpaired) electrons. The summed E-state index contributed by atoms with van der Waals surface area (Å²) >= 11 is 1.00. The third-order valence-corrected chi connectivity index (χ3v) is 4.31. The van der Waals surface area contributed by atoms with Crippen molar-refractivity contribution in [1.29, 1.82) is 0 Å². The summed E-state index contributed by atoms with van der Waals surface area (Å²) in [5.41, 5.74) is -2.34. The van der Waals surface area contributed by atoms with Gasteiger partial charge in [-0.2, -0.15) is 0 Å². The average Bonchev–Trinajstić information content (AvgIpc) is 2.42. The summed E-state index contributed by atoms with van der Waals surface area (Å²) in [5, 5.41) is 23.9. The lowest BCUT2D eigenvalue weighted by Gasteiger charge is -2.36. The largest absolute Gasteiger partial charge is 0.492 e. The van der Waals surface area contributed by atoms with Gasteiger partial charge in [0.15, 0.2) is 13.1 Å². The van der Waals surface area contributed by atoms with Crippen molar-refractivity contribution in [3.63, 3.8) is 0 Å². The molecular weight excluding hydrogens is 348 g/mol. The van der Waals surface area contributed by atoms with Gasteiger partial charge in [-0.15, -0.1) is 11.8 Å². The first-order valence-electron chi connectivity index (χ1n) is 6.63. The Kier molecular flexibility index (Phi) is 6.45. The Hall–Kier alpha value is -2.44. The van der Waals surface area contributed by atoms with Gasteiger partial charge in [0, 0.05) is 12.7 Å². The maximum absolute atomic E-state index is 11.9. The highest BCUT2D eigenvalue weighted by atomic mass is 32.2. The molecule has 1 aliphatic heterocycles. The maximum Gasteiger partial charge on any atom is 0.492 e. The molecule has 0 aromatic heterocycles. The van der Waals surface area contributed by atoms with Gasteiger partial charge in [-0.05, 0) is 0 Å². The van der Waals surface area contributed by atoms with Crippen molar-refractivity contribution in [3.05, 3.63) is 20.2 Å². The van der Waals surface area contributed by atoms with Crippen molar-refractivity contribution in [2.24, 2.45) is 0 Å². The van der Waals surface area contributed by atoms with Gasteiger partial charge >= 0.3 is 11.6 Å². The van der Waals surface area contributed by atoms with Crippen LogP contribution in [0.4, 0.5) is 0 Å². The standard InChI is InChI=1S/C11H16N4O8S/c1-7(16)12-8(10(18)23-2)3-24-4-9(17)13-5-11(6-13,14(19)20)15(21)22/h8H,3-6H2,1-2H3,(H,12,16). The zero-order chi connectivity index (χ0) is 18.5. The molecule has 1 saturated heterocycles. The molecule has 0 bridgehead atoms. The molecule has 134 valence electrons. The molecule has 0 aromatic rings. The first-order chi connectivity index (χ1) is 11.1. The molecule has 1 atom stereocenters. The zero-order valence-electron chi connectivity index (χ0n) is 12.9. The van der Waals surface area contributed by atoms with E-state index in [0.717, 1.165) is 23.8 Å². The number of carbonyl (C=O) groups is 3. The second kappa shape index (κ2) is 7.90. The van der Waals surface area contributed by atoms with E-state index in [0.29, 0.717) is 0 Å². The zero-order valence-corrected chi connectivity index (χ0v) is 13.7. The van der Waals surface area contributed by atoms with Crippen LogP contribution in [0.2, 0.25) is 0 Å². The normalized spacial score (nSPS) is 16.5. The van der Waals surface area contributed by atoms with Crippen LogP contribution >= 0.6 is 11.8 Å². The lowest BCUT2D eigenvalue weighted by atomic mass is 10.0. The van der Waals surface area contributed by atoms with Crippen LogP contribution in [-0.4, -0.2) is 75.9 Å². The molecule has 0 saturated carbocycles. The summed E-state index contributed by atoms with van der Waals surface area (Å²) in [5.74, 6) is -1.72. The quantitative estimate of drug-likeness (QED) is 0.233. The first-order valence-corrected chi connectivity index (χ1v) is 7.79. The van der Waals surface area contributed by atoms with E-state index in [1.165, 1.54) is 6.92 Å². The smallest absolute Gasteiger partial charge is 0.467 e. The number of nitrogens with zero attached hydrogens (tertiary/aromatic N) is 3. The Morgan fingerprint density at radius 3 is 2.25 bits per heavy atom. The third-order valence-electron chi connectivity index (χ3n) is 3.29. The molecule has 13 heteroatoms. The summed E-state index contributed by atoms with van der Waals surface area (Å²) in [6.45, 7) is 0.0255. The molecule has 12 nitrogen and oxygen atoms in total. The average molecular weight is 364 g/mol. The number of rotatable bonds is 8. The van der Waals surface area contributed by atoms with Crippen molar-refractivity contribution < 1.29 is 29.0 Å². The molecule has 1 N–H and O–H groups in total. The van der Waals surface area contributed by atoms with E-state index in [-0.39, 0.29) is 11.5 Å². The van der Waals surface area contributed by atoms with Crippen molar-refractivity contribution >= 4 is 29.5 Å². The summed E-state index contributed by atoms with van der Waals surface area (Å²) in [4.78, 5) is 54.8. The maximum atomic E-state index is 11.9. The third kappa shape index (κ3) is 4.31. The molecule has 1 rings (SSSR count). The van der Waals surface area contributed by atoms with Gasteiger partial charge < -0.3 is 15.0 Å². The van der Waals surface area contributed by atoms with Crippen LogP contribution in [-0.2, 0) is 19.1 Å². The number of likely N-dealkylation sites (tertiary alicyclic amines) is 1. The Morgan fingerprint density at radius 1 is 1.29 bits per heavy atom. The van der Waals surface area contributed by atoms with Crippen LogP contribution in [0, 0.1) is 20.2 Å². The summed E-state index contributed by atoms with van der Waals surface area (Å²) in [6.07, 6.45) is 0. The number of esters is 1. The molecule has 1 aliphatic rings. The number of ether oxygens (including phenoxy) is 1. The van der Waals surface area contributed by atoms with Crippen LogP contribution in [0.25, 0.3) is 0 Å². The monoisotopic (exact) mass is 364 g/mol. The molecule has 0 aliphatic carbocycles. The van der Waals surface area contributed by atoms with Gasteiger partial charge in [-0.25, -0.2) is 4.79 Å². The highest BCUT2D eigenvalue weighted by Gasteiger charge is 2.67. The van der Waals surface area contributed by atoms with Crippen LogP contribution < -0.4 is 5.32 Å². The number of carbonyl (C=O) groups excluding carboxylic acids is 3. The SMILES string of the molecule is COC(=O)C(CSCC(=O)N1CC([N+](=O)[O-])([N+](=O)[O-])C1)NC(C)=O. The molecular formula is C11H16N4O8S. The van der Waals surface area contributed by atoms with Gasteiger partial charge in [0.2, 0.25) is 11.8 Å². The Balaban J connectivity index is 2.47. The number of thioether (sulfide) groups is 1. The number of methoxy groups -OCH3 is 1. The number of hydrogen-bond donors (Lipinski definition) is 1. The molecule has 1 unspecified atom stereocenters. The molecule has 1 fully saturated rings. The molecule has 24 heavy (non-hydrogen) atoms. The minimum atomic E-state index is -2.34. The molecule has 0 spiro atoms. The van der Waals surface area contributed by atoms with Gasteiger partial charge in [-0.3, -0.25) is 29.8 Å². The van der Waals surface area contributed by atoms with Gasteiger partial charge in [0.25, 0.3) is 0 Å². The van der Waals surface area contributed by atoms with E-state index in [4.69, 9.17) is 0 Å². The summed E-state index contributed by atoms with van der Waals surface area (Å²) in [6, 6.07) is -0.932. The first kappa shape index (κ1) is 19.6. The minimum absolute atomic E-state index is 0.0570. The van der Waals surface area contributed by atoms with E-state index < -0.39 is 52.4 Å². The van der Waals surface area contributed by atoms with E-state index in [1.807, 2.05) is 0 Å². The molecule has 0 aromatic carbocycles. The predicted octanol–water partition coefficient (Wildman–Crippen LogP) is -1.51. The molecule has 2 amide bonds. The second-order valence-electron chi connectivity index (χ2n) is 5.04. The molecule has 1 heterocycles. The highest BCUT2D eigenvalue weighted by molar-refractivity contribution is 8.00. The number of amides is 2. The topological polar surface area (TPSA) is 162 Å². The predicted molar refractivity (Wildman–Crippen MR) is 80.2 cm³/mol. The van der Waals surface area contributed by atoms with Crippen LogP contribution in [0.5, 0.6) is 0 Å². The summed E-state index contributed by atoms with van der Waals surface area (Å²) in [7, 11) is 1.15. The lowest BCUT2D eigenvalue weighted by Crippen LogP contribution is -2.71. The Bertz CT molecular complexity index is 546. The fourth-order valence-corrected chi connectivity index (χ4v) is 2.88. The van der Waals surface area contributed by atoms with Crippen molar-refractivity contribution in [3.8, 4) is 0 Å². The van der Waals surface area contributed by atoms with Crippen molar-refractivity contribution in [2.75, 3.05) is 31.7 Å². The fraction of sp³-hybridized carbons (Fsp3) is 0.727. The Labute approximate surface area is 140 Å². The van der Waals surface area contributed by atoms with E-state index in [2.05, 4.69) is 10.1 Å². The van der Waals surface area contributed by atoms with Crippen molar-refractivity contribution in [1.82, 2.24) is 10.2 Å². The number of nitro groups is 2. The number of nitrogens with one attached hydrogen (secondary N) is 1. The summed E-state index contributed by atoms with van der Waals surface area (Å²) < 4.78 is 4.52. The van der Waals surface area contributed by atoms with Gasteiger partial charge in [0.05, 0.1) is 12.9 Å². The van der Waals surface area contributed by atoms with Crippen LogP contribution in [0.3, 0.4) is 0 Å². The second-order valence-corrected chi connectivity index (χ2v) is 6.07. The fourth-order valence-electron chi connectivity index (χ4n) is 1.95. The number of hydrogen-bond acceptors (Lipinski definition) is 9. The Morgan fingerprint density at radius 2 is 1.83 bits per heavy atom.